The monoisotopic (exact) mass is 325 g/mol. The smallest absolute Gasteiger partial charge is 0.245 e. The largest absolute Gasteiger partial charge is 0.354 e. The molecule has 0 heterocycles. The maximum Gasteiger partial charge on any atom is 0.245 e. The van der Waals surface area contributed by atoms with Crippen molar-refractivity contribution in [3.8, 4) is 0 Å². The average Bonchev–Trinajstić information content (AvgIpc) is 2.45. The van der Waals surface area contributed by atoms with Crippen molar-refractivity contribution < 1.29 is 14.5 Å². The minimum atomic E-state index is -1.09. The molecule has 0 radical (unpaired) electrons. The standard InChI is InChI=1S/C16H27N3O4/c1-4-6-7-17-15(21)16(18-12(3)20)9-13(5-2)8-14(10-16)11-19(22)23/h5,13-14H,2,4,6-11H2,1,3H3,(H,17,21)(H,18,20)/t13-,14-,16?/m1/s1. The van der Waals surface area contributed by atoms with E-state index in [-0.39, 0.29) is 41.5 Å². The number of hydrogen-bond donors (Lipinski definition) is 2. The fraction of sp³-hybridized carbons (Fsp3) is 0.750. The second kappa shape index (κ2) is 8.64. The van der Waals surface area contributed by atoms with Crippen molar-refractivity contribution in [3.05, 3.63) is 22.8 Å². The highest BCUT2D eigenvalue weighted by atomic mass is 16.6. The number of carbonyl (C=O) groups is 2. The molecule has 2 amide bonds. The average molecular weight is 325 g/mol. The number of nitrogens with zero attached hydrogens (tertiary/aromatic N) is 1. The molecule has 130 valence electrons. The molecule has 7 nitrogen and oxygen atoms in total. The number of unbranched alkanes of at least 4 members (excludes halogenated alkanes) is 1. The van der Waals surface area contributed by atoms with Crippen LogP contribution in [0.3, 0.4) is 0 Å². The summed E-state index contributed by atoms with van der Waals surface area (Å²) in [6, 6.07) is 0. The maximum absolute atomic E-state index is 12.7. The SMILES string of the molecule is C=C[C@@H]1C[C@@H](C[N+](=O)[O-])CC(NC(C)=O)(C(=O)NCCCC)C1. The summed E-state index contributed by atoms with van der Waals surface area (Å²) >= 11 is 0. The molecule has 0 aromatic heterocycles. The molecule has 0 saturated heterocycles. The normalized spacial score (nSPS) is 27.0. The molecule has 1 rings (SSSR count). The first kappa shape index (κ1) is 19.1. The predicted octanol–water partition coefficient (Wildman–Crippen LogP) is 1.66. The van der Waals surface area contributed by atoms with Crippen LogP contribution in [0.4, 0.5) is 0 Å². The lowest BCUT2D eigenvalue weighted by atomic mass is 9.69. The van der Waals surface area contributed by atoms with Crippen LogP contribution >= 0.6 is 0 Å². The predicted molar refractivity (Wildman–Crippen MR) is 87.4 cm³/mol. The summed E-state index contributed by atoms with van der Waals surface area (Å²) in [4.78, 5) is 34.8. The van der Waals surface area contributed by atoms with E-state index in [0.717, 1.165) is 12.8 Å². The van der Waals surface area contributed by atoms with Gasteiger partial charge in [0.2, 0.25) is 18.4 Å². The Morgan fingerprint density at radius 3 is 2.65 bits per heavy atom. The molecular weight excluding hydrogens is 298 g/mol. The highest BCUT2D eigenvalue weighted by Crippen LogP contribution is 2.37. The van der Waals surface area contributed by atoms with Gasteiger partial charge in [-0.05, 0) is 31.6 Å². The summed E-state index contributed by atoms with van der Waals surface area (Å²) < 4.78 is 0. The molecule has 2 N–H and O–H groups in total. The molecular formula is C16H27N3O4. The Morgan fingerprint density at radius 2 is 2.13 bits per heavy atom. The van der Waals surface area contributed by atoms with Crippen LogP contribution in [-0.4, -0.2) is 35.4 Å². The Labute approximate surface area is 137 Å². The van der Waals surface area contributed by atoms with Crippen LogP contribution < -0.4 is 10.6 Å². The fourth-order valence-electron chi connectivity index (χ4n) is 3.38. The number of allylic oxidation sites excluding steroid dienone is 1. The van der Waals surface area contributed by atoms with Gasteiger partial charge in [-0.25, -0.2) is 0 Å². The van der Waals surface area contributed by atoms with E-state index in [1.807, 2.05) is 6.92 Å². The molecule has 0 aromatic rings. The van der Waals surface area contributed by atoms with E-state index in [9.17, 15) is 19.7 Å². The Hall–Kier alpha value is -1.92. The lowest BCUT2D eigenvalue weighted by Gasteiger charge is -2.42. The number of hydrogen-bond acceptors (Lipinski definition) is 4. The topological polar surface area (TPSA) is 101 Å². The first-order valence-corrected chi connectivity index (χ1v) is 8.14. The van der Waals surface area contributed by atoms with Gasteiger partial charge in [0, 0.05) is 24.3 Å². The van der Waals surface area contributed by atoms with Gasteiger partial charge in [0.05, 0.1) is 0 Å². The fourth-order valence-corrected chi connectivity index (χ4v) is 3.38. The number of rotatable bonds is 8. The third-order valence-corrected chi connectivity index (χ3v) is 4.29. The number of nitro groups is 1. The third kappa shape index (κ3) is 5.65. The van der Waals surface area contributed by atoms with Gasteiger partial charge in [0.15, 0.2) is 0 Å². The first-order chi connectivity index (χ1) is 10.8. The van der Waals surface area contributed by atoms with Crippen molar-refractivity contribution >= 4 is 11.8 Å². The van der Waals surface area contributed by atoms with Gasteiger partial charge in [-0.3, -0.25) is 19.7 Å². The second-order valence-corrected chi connectivity index (χ2v) is 6.39. The quantitative estimate of drug-likeness (QED) is 0.307. The molecule has 1 fully saturated rings. The molecule has 0 spiro atoms. The van der Waals surface area contributed by atoms with Crippen molar-refractivity contribution in [1.29, 1.82) is 0 Å². The van der Waals surface area contributed by atoms with Crippen LogP contribution in [0, 0.1) is 22.0 Å². The highest BCUT2D eigenvalue weighted by molar-refractivity contribution is 5.91. The molecule has 1 saturated carbocycles. The van der Waals surface area contributed by atoms with Crippen molar-refractivity contribution in [2.24, 2.45) is 11.8 Å². The zero-order valence-corrected chi connectivity index (χ0v) is 14.0. The zero-order valence-electron chi connectivity index (χ0n) is 14.0. The summed E-state index contributed by atoms with van der Waals surface area (Å²) in [5.41, 5.74) is -1.09. The van der Waals surface area contributed by atoms with Gasteiger partial charge < -0.3 is 10.6 Å². The lowest BCUT2D eigenvalue weighted by molar-refractivity contribution is -0.489. The summed E-state index contributed by atoms with van der Waals surface area (Å²) in [5, 5.41) is 16.5. The van der Waals surface area contributed by atoms with Gasteiger partial charge in [-0.2, -0.15) is 0 Å². The maximum atomic E-state index is 12.7. The summed E-state index contributed by atoms with van der Waals surface area (Å²) in [7, 11) is 0. The molecule has 23 heavy (non-hydrogen) atoms. The number of amides is 2. The van der Waals surface area contributed by atoms with E-state index in [1.165, 1.54) is 6.92 Å². The van der Waals surface area contributed by atoms with Gasteiger partial charge in [0.1, 0.15) is 5.54 Å². The Bertz CT molecular complexity index is 466. The molecule has 1 aliphatic carbocycles. The van der Waals surface area contributed by atoms with Crippen LogP contribution in [0.25, 0.3) is 0 Å². The molecule has 7 heteroatoms. The molecule has 0 aromatic carbocycles. The van der Waals surface area contributed by atoms with Crippen LogP contribution in [0.15, 0.2) is 12.7 Å². The van der Waals surface area contributed by atoms with Crippen LogP contribution in [0.2, 0.25) is 0 Å². The van der Waals surface area contributed by atoms with Crippen molar-refractivity contribution in [1.82, 2.24) is 10.6 Å². The van der Waals surface area contributed by atoms with E-state index in [1.54, 1.807) is 6.08 Å². The van der Waals surface area contributed by atoms with E-state index < -0.39 is 5.54 Å². The number of nitrogens with one attached hydrogen (secondary N) is 2. The number of carbonyl (C=O) groups excluding carboxylic acids is 2. The highest BCUT2D eigenvalue weighted by Gasteiger charge is 2.47. The molecule has 0 aliphatic heterocycles. The Balaban J connectivity index is 2.99. The van der Waals surface area contributed by atoms with Crippen molar-refractivity contribution in [2.75, 3.05) is 13.1 Å². The minimum Gasteiger partial charge on any atom is -0.354 e. The van der Waals surface area contributed by atoms with Gasteiger partial charge in [0.25, 0.3) is 0 Å². The van der Waals surface area contributed by atoms with E-state index in [0.29, 0.717) is 19.4 Å². The summed E-state index contributed by atoms with van der Waals surface area (Å²) in [5.74, 6) is -0.843. The van der Waals surface area contributed by atoms with E-state index in [2.05, 4.69) is 17.2 Å². The summed E-state index contributed by atoms with van der Waals surface area (Å²) in [6.45, 7) is 7.49. The van der Waals surface area contributed by atoms with Gasteiger partial charge >= 0.3 is 0 Å². The van der Waals surface area contributed by atoms with Crippen molar-refractivity contribution in [2.45, 2.75) is 51.5 Å². The minimum absolute atomic E-state index is 0.0301. The Morgan fingerprint density at radius 1 is 1.43 bits per heavy atom. The first-order valence-electron chi connectivity index (χ1n) is 8.14. The molecule has 0 bridgehead atoms. The second-order valence-electron chi connectivity index (χ2n) is 6.39. The van der Waals surface area contributed by atoms with Gasteiger partial charge in [-0.15, -0.1) is 6.58 Å². The Kier molecular flexibility index (Phi) is 7.19. The zero-order chi connectivity index (χ0) is 17.5. The molecule has 1 unspecified atom stereocenters. The van der Waals surface area contributed by atoms with E-state index >= 15 is 0 Å². The van der Waals surface area contributed by atoms with E-state index in [4.69, 9.17) is 0 Å². The lowest BCUT2D eigenvalue weighted by Crippen LogP contribution is -2.62. The van der Waals surface area contributed by atoms with Crippen LogP contribution in [0.1, 0.15) is 46.0 Å². The van der Waals surface area contributed by atoms with Gasteiger partial charge in [-0.1, -0.05) is 19.4 Å². The van der Waals surface area contributed by atoms with Crippen LogP contribution in [0.5, 0.6) is 0 Å². The van der Waals surface area contributed by atoms with Crippen molar-refractivity contribution in [3.63, 3.8) is 0 Å². The third-order valence-electron chi connectivity index (χ3n) is 4.29. The summed E-state index contributed by atoms with van der Waals surface area (Å²) in [6.07, 6.45) is 4.87. The molecule has 3 atom stereocenters. The van der Waals surface area contributed by atoms with Crippen LogP contribution in [-0.2, 0) is 9.59 Å². The molecule has 1 aliphatic rings.